The van der Waals surface area contributed by atoms with Crippen molar-refractivity contribution in [3.8, 4) is 0 Å². The minimum atomic E-state index is -0.515. The molecule has 2 atom stereocenters. The van der Waals surface area contributed by atoms with Crippen molar-refractivity contribution < 1.29 is 23.5 Å². The molecule has 7 nitrogen and oxygen atoms in total. The van der Waals surface area contributed by atoms with E-state index in [1.54, 1.807) is 18.2 Å². The number of benzene rings is 1. The molecule has 9 heteroatoms. The van der Waals surface area contributed by atoms with Crippen molar-refractivity contribution in [2.75, 3.05) is 6.54 Å². The minimum absolute atomic E-state index is 0.162. The van der Waals surface area contributed by atoms with Crippen LogP contribution in [0.5, 0.6) is 0 Å². The van der Waals surface area contributed by atoms with Gasteiger partial charge < -0.3 is 19.2 Å². The van der Waals surface area contributed by atoms with Gasteiger partial charge in [-0.3, -0.25) is 4.90 Å². The molecular formula is C19H19ClFN3O4. The highest BCUT2D eigenvalue weighted by Gasteiger charge is 2.36. The molecule has 148 valence electrons. The van der Waals surface area contributed by atoms with Gasteiger partial charge in [-0.25, -0.2) is 4.39 Å². The van der Waals surface area contributed by atoms with Crippen LogP contribution in [0.1, 0.15) is 41.3 Å². The number of likely N-dealkylation sites (tertiary alicyclic amines) is 1. The number of aliphatic hydroxyl groups is 2. The monoisotopic (exact) mass is 407 g/mol. The maximum absolute atomic E-state index is 13.2. The van der Waals surface area contributed by atoms with Gasteiger partial charge in [0.25, 0.3) is 0 Å². The normalized spacial score (nSPS) is 20.1. The van der Waals surface area contributed by atoms with Gasteiger partial charge in [0.1, 0.15) is 23.9 Å². The Morgan fingerprint density at radius 3 is 2.82 bits per heavy atom. The molecule has 2 aromatic heterocycles. The second-order valence-corrected chi connectivity index (χ2v) is 7.23. The van der Waals surface area contributed by atoms with Crippen LogP contribution in [0.3, 0.4) is 0 Å². The van der Waals surface area contributed by atoms with E-state index < -0.39 is 11.9 Å². The van der Waals surface area contributed by atoms with Crippen LogP contribution in [0.25, 0.3) is 0 Å². The van der Waals surface area contributed by atoms with Crippen molar-refractivity contribution in [2.45, 2.75) is 38.1 Å². The largest absolute Gasteiger partial charge is 0.462 e. The van der Waals surface area contributed by atoms with E-state index in [2.05, 4.69) is 10.1 Å². The molecular weight excluding hydrogens is 389 g/mol. The molecule has 0 amide bonds. The quantitative estimate of drug-likeness (QED) is 0.648. The van der Waals surface area contributed by atoms with Gasteiger partial charge in [-0.05, 0) is 36.2 Å². The van der Waals surface area contributed by atoms with Gasteiger partial charge in [-0.2, -0.15) is 4.98 Å². The third kappa shape index (κ3) is 4.10. The van der Waals surface area contributed by atoms with E-state index in [-0.39, 0.29) is 12.6 Å². The number of hydrogen-bond donors (Lipinski definition) is 2. The maximum atomic E-state index is 13.2. The molecule has 0 spiro atoms. The molecule has 0 aliphatic carbocycles. The molecule has 3 aromatic rings. The van der Waals surface area contributed by atoms with Crippen molar-refractivity contribution >= 4 is 11.6 Å². The molecule has 2 N–H and O–H groups in total. The lowest BCUT2D eigenvalue weighted by molar-refractivity contribution is 0.160. The lowest BCUT2D eigenvalue weighted by Crippen LogP contribution is -2.24. The maximum Gasteiger partial charge on any atom is 0.244 e. The molecule has 3 heterocycles. The number of halogens is 2. The summed E-state index contributed by atoms with van der Waals surface area (Å²) in [6.45, 7) is 0.732. The highest BCUT2D eigenvalue weighted by Crippen LogP contribution is 2.33. The molecule has 28 heavy (non-hydrogen) atoms. The van der Waals surface area contributed by atoms with Gasteiger partial charge in [0.2, 0.25) is 5.89 Å². The predicted molar refractivity (Wildman–Crippen MR) is 96.9 cm³/mol. The van der Waals surface area contributed by atoms with Gasteiger partial charge in [0, 0.05) is 18.0 Å². The molecule has 2 unspecified atom stereocenters. The first-order chi connectivity index (χ1) is 13.5. The van der Waals surface area contributed by atoms with E-state index in [4.69, 9.17) is 25.6 Å². The topological polar surface area (TPSA) is 95.8 Å². The first-order valence-corrected chi connectivity index (χ1v) is 9.26. The zero-order chi connectivity index (χ0) is 19.7. The standard InChI is InChI=1S/C19H19ClFN3O4/c20-16-6-12(21)2-1-11(16)5-18-22-19(28-23-18)17-7-13(26)8-24(17)9-14-3-4-15(10-25)27-14/h1-4,6,13,17,25-26H,5,7-10H2. The van der Waals surface area contributed by atoms with Crippen molar-refractivity contribution in [3.63, 3.8) is 0 Å². The fourth-order valence-corrected chi connectivity index (χ4v) is 3.65. The summed E-state index contributed by atoms with van der Waals surface area (Å²) in [5, 5.41) is 23.5. The first kappa shape index (κ1) is 19.1. The van der Waals surface area contributed by atoms with Crippen molar-refractivity contribution in [2.24, 2.45) is 0 Å². The zero-order valence-electron chi connectivity index (χ0n) is 14.9. The molecule has 1 aliphatic heterocycles. The lowest BCUT2D eigenvalue weighted by atomic mass is 10.1. The fraction of sp³-hybridized carbons (Fsp3) is 0.368. The summed E-state index contributed by atoms with van der Waals surface area (Å²) in [4.78, 5) is 6.44. The van der Waals surface area contributed by atoms with Crippen LogP contribution in [-0.4, -0.2) is 37.9 Å². The van der Waals surface area contributed by atoms with E-state index in [9.17, 15) is 9.50 Å². The summed E-state index contributed by atoms with van der Waals surface area (Å²) in [7, 11) is 0. The highest BCUT2D eigenvalue weighted by atomic mass is 35.5. The number of aliphatic hydroxyl groups excluding tert-OH is 2. The van der Waals surface area contributed by atoms with E-state index in [1.165, 1.54) is 12.1 Å². The fourth-order valence-electron chi connectivity index (χ4n) is 3.41. The molecule has 1 aromatic carbocycles. The third-order valence-electron chi connectivity index (χ3n) is 4.75. The van der Waals surface area contributed by atoms with Crippen LogP contribution in [0.15, 0.2) is 39.3 Å². The van der Waals surface area contributed by atoms with Crippen molar-refractivity contribution in [1.82, 2.24) is 15.0 Å². The van der Waals surface area contributed by atoms with Crippen LogP contribution < -0.4 is 0 Å². The Bertz CT molecular complexity index is 960. The molecule has 1 fully saturated rings. The number of hydrogen-bond acceptors (Lipinski definition) is 7. The Labute approximate surface area is 165 Å². The van der Waals surface area contributed by atoms with Crippen LogP contribution in [-0.2, 0) is 19.6 Å². The third-order valence-corrected chi connectivity index (χ3v) is 5.10. The summed E-state index contributed by atoms with van der Waals surface area (Å²) in [5.74, 6) is 1.60. The predicted octanol–water partition coefficient (Wildman–Crippen LogP) is 2.85. The lowest BCUT2D eigenvalue weighted by Gasteiger charge is -2.19. The van der Waals surface area contributed by atoms with Crippen LogP contribution in [0.4, 0.5) is 4.39 Å². The van der Waals surface area contributed by atoms with E-state index in [0.717, 1.165) is 0 Å². The Morgan fingerprint density at radius 2 is 2.07 bits per heavy atom. The minimum Gasteiger partial charge on any atom is -0.462 e. The number of rotatable bonds is 6. The average Bonchev–Trinajstić information content (AvgIpc) is 3.38. The number of β-amino-alcohol motifs (C(OH)–C–C–N with tert-alkyl or cyclic N) is 1. The SMILES string of the molecule is OCc1ccc(CN2CC(O)CC2c2nc(Cc3ccc(F)cc3Cl)no2)o1. The molecule has 1 aliphatic rings. The zero-order valence-corrected chi connectivity index (χ0v) is 15.6. The van der Waals surface area contributed by atoms with Crippen molar-refractivity contribution in [3.05, 3.63) is 70.0 Å². The Morgan fingerprint density at radius 1 is 1.25 bits per heavy atom. The summed E-state index contributed by atoms with van der Waals surface area (Å²) in [6, 6.07) is 7.44. The summed E-state index contributed by atoms with van der Waals surface area (Å²) in [5.41, 5.74) is 0.700. The van der Waals surface area contributed by atoms with Gasteiger partial charge >= 0.3 is 0 Å². The van der Waals surface area contributed by atoms with Crippen molar-refractivity contribution in [1.29, 1.82) is 0 Å². The molecule has 0 radical (unpaired) electrons. The van der Waals surface area contributed by atoms with Gasteiger partial charge in [-0.15, -0.1) is 0 Å². The summed E-state index contributed by atoms with van der Waals surface area (Å²) < 4.78 is 24.2. The van der Waals surface area contributed by atoms with Gasteiger partial charge in [-0.1, -0.05) is 22.8 Å². The average molecular weight is 408 g/mol. The number of furan rings is 1. The van der Waals surface area contributed by atoms with Crippen LogP contribution in [0, 0.1) is 5.82 Å². The molecule has 4 rings (SSSR count). The Hall–Kier alpha value is -2.26. The Balaban J connectivity index is 1.49. The molecule has 0 bridgehead atoms. The first-order valence-electron chi connectivity index (χ1n) is 8.89. The van der Waals surface area contributed by atoms with Gasteiger partial charge in [0.15, 0.2) is 5.82 Å². The van der Waals surface area contributed by atoms with Gasteiger partial charge in [0.05, 0.1) is 18.7 Å². The van der Waals surface area contributed by atoms with E-state index >= 15 is 0 Å². The molecule has 1 saturated heterocycles. The molecule has 0 saturated carbocycles. The smallest absolute Gasteiger partial charge is 0.244 e. The highest BCUT2D eigenvalue weighted by molar-refractivity contribution is 6.31. The van der Waals surface area contributed by atoms with E-state index in [0.29, 0.717) is 59.8 Å². The summed E-state index contributed by atoms with van der Waals surface area (Å²) in [6.07, 6.45) is 0.266. The summed E-state index contributed by atoms with van der Waals surface area (Å²) >= 11 is 6.06. The second kappa shape index (κ2) is 8.00. The van der Waals surface area contributed by atoms with Crippen LogP contribution >= 0.6 is 11.6 Å². The number of aromatic nitrogens is 2. The van der Waals surface area contributed by atoms with E-state index in [1.807, 2.05) is 4.90 Å². The second-order valence-electron chi connectivity index (χ2n) is 6.82. The Kier molecular flexibility index (Phi) is 5.45. The number of nitrogens with zero attached hydrogens (tertiary/aromatic N) is 3. The van der Waals surface area contributed by atoms with Crippen LogP contribution in [0.2, 0.25) is 5.02 Å².